The summed E-state index contributed by atoms with van der Waals surface area (Å²) in [5, 5.41) is 1.87. The Hall–Kier alpha value is -2.21. The van der Waals surface area contributed by atoms with Gasteiger partial charge < -0.3 is 9.64 Å². The summed E-state index contributed by atoms with van der Waals surface area (Å²) < 4.78 is 17.9. The van der Waals surface area contributed by atoms with Gasteiger partial charge in [0.2, 0.25) is 5.91 Å². The van der Waals surface area contributed by atoms with E-state index in [1.165, 1.54) is 41.5 Å². The molecule has 1 heterocycles. The highest BCUT2D eigenvalue weighted by Gasteiger charge is 2.20. The highest BCUT2D eigenvalue weighted by Crippen LogP contribution is 2.18. The Morgan fingerprint density at radius 2 is 2.10 bits per heavy atom. The summed E-state index contributed by atoms with van der Waals surface area (Å²) in [6.45, 7) is -0.246. The highest BCUT2D eigenvalue weighted by atomic mass is 32.1. The SMILES string of the molecule is COC(=O)CN(C(=O)Cc1cccs1)c1cccc(F)c1. The molecule has 0 saturated carbocycles. The molecule has 0 aliphatic heterocycles. The molecule has 2 aromatic rings. The Morgan fingerprint density at radius 3 is 2.71 bits per heavy atom. The summed E-state index contributed by atoms with van der Waals surface area (Å²) in [6.07, 6.45) is 0.158. The third-order valence-electron chi connectivity index (χ3n) is 2.84. The van der Waals surface area contributed by atoms with E-state index in [0.29, 0.717) is 5.69 Å². The van der Waals surface area contributed by atoms with Gasteiger partial charge in [0.1, 0.15) is 12.4 Å². The first-order valence-corrected chi connectivity index (χ1v) is 7.13. The molecule has 1 amide bonds. The van der Waals surface area contributed by atoms with Crippen LogP contribution in [-0.4, -0.2) is 25.5 Å². The van der Waals surface area contributed by atoms with Crippen molar-refractivity contribution in [1.29, 1.82) is 0 Å². The number of hydrogen-bond acceptors (Lipinski definition) is 4. The van der Waals surface area contributed by atoms with Crippen molar-refractivity contribution in [2.45, 2.75) is 6.42 Å². The zero-order chi connectivity index (χ0) is 15.2. The first-order valence-electron chi connectivity index (χ1n) is 6.25. The number of carbonyl (C=O) groups is 2. The summed E-state index contributed by atoms with van der Waals surface area (Å²) in [5.41, 5.74) is 0.335. The van der Waals surface area contributed by atoms with Crippen molar-refractivity contribution in [3.05, 3.63) is 52.5 Å². The first kappa shape index (κ1) is 15.2. The summed E-state index contributed by atoms with van der Waals surface area (Å²) in [7, 11) is 1.25. The molecule has 0 aliphatic carbocycles. The highest BCUT2D eigenvalue weighted by molar-refractivity contribution is 7.10. The molecule has 0 N–H and O–H groups in total. The van der Waals surface area contributed by atoms with Crippen LogP contribution in [0.1, 0.15) is 4.88 Å². The van der Waals surface area contributed by atoms with Gasteiger partial charge in [-0.05, 0) is 29.6 Å². The molecule has 0 saturated heterocycles. The number of nitrogens with zero attached hydrogens (tertiary/aromatic N) is 1. The van der Waals surface area contributed by atoms with Crippen LogP contribution in [0, 0.1) is 5.82 Å². The number of halogens is 1. The topological polar surface area (TPSA) is 46.6 Å². The van der Waals surface area contributed by atoms with Gasteiger partial charge in [-0.25, -0.2) is 4.39 Å². The van der Waals surface area contributed by atoms with Gasteiger partial charge in [-0.3, -0.25) is 9.59 Å². The van der Waals surface area contributed by atoms with Crippen LogP contribution in [0.2, 0.25) is 0 Å². The minimum atomic E-state index is -0.557. The maximum absolute atomic E-state index is 13.3. The summed E-state index contributed by atoms with van der Waals surface area (Å²) >= 11 is 1.45. The van der Waals surface area contributed by atoms with Crippen LogP contribution in [0.15, 0.2) is 41.8 Å². The van der Waals surface area contributed by atoms with Gasteiger partial charge in [0.25, 0.3) is 0 Å². The smallest absolute Gasteiger partial charge is 0.325 e. The Balaban J connectivity index is 2.22. The van der Waals surface area contributed by atoms with Gasteiger partial charge in [-0.1, -0.05) is 12.1 Å². The van der Waals surface area contributed by atoms with Crippen LogP contribution < -0.4 is 4.90 Å². The van der Waals surface area contributed by atoms with Crippen LogP contribution in [0.25, 0.3) is 0 Å². The predicted octanol–water partition coefficient (Wildman–Crippen LogP) is 2.64. The van der Waals surface area contributed by atoms with Crippen molar-refractivity contribution in [3.63, 3.8) is 0 Å². The summed E-state index contributed by atoms with van der Waals surface area (Å²) in [5.74, 6) is -1.31. The molecule has 0 unspecified atom stereocenters. The zero-order valence-electron chi connectivity index (χ0n) is 11.4. The van der Waals surface area contributed by atoms with Gasteiger partial charge in [0, 0.05) is 10.6 Å². The average Bonchev–Trinajstić information content (AvgIpc) is 2.97. The van der Waals surface area contributed by atoms with E-state index in [2.05, 4.69) is 4.74 Å². The largest absolute Gasteiger partial charge is 0.468 e. The number of anilines is 1. The fraction of sp³-hybridized carbons (Fsp3) is 0.200. The Labute approximate surface area is 125 Å². The lowest BCUT2D eigenvalue weighted by atomic mass is 10.2. The fourth-order valence-electron chi connectivity index (χ4n) is 1.82. The normalized spacial score (nSPS) is 10.2. The zero-order valence-corrected chi connectivity index (χ0v) is 12.2. The van der Waals surface area contributed by atoms with Gasteiger partial charge in [0.15, 0.2) is 0 Å². The van der Waals surface area contributed by atoms with Crippen molar-refractivity contribution < 1.29 is 18.7 Å². The fourth-order valence-corrected chi connectivity index (χ4v) is 2.51. The third kappa shape index (κ3) is 4.13. The predicted molar refractivity (Wildman–Crippen MR) is 78.8 cm³/mol. The molecule has 21 heavy (non-hydrogen) atoms. The van der Waals surface area contributed by atoms with Crippen LogP contribution in [-0.2, 0) is 20.7 Å². The van der Waals surface area contributed by atoms with Crippen LogP contribution >= 0.6 is 11.3 Å². The third-order valence-corrected chi connectivity index (χ3v) is 3.72. The lowest BCUT2D eigenvalue weighted by Gasteiger charge is -2.21. The number of rotatable bonds is 5. The summed E-state index contributed by atoms with van der Waals surface area (Å²) in [6, 6.07) is 9.26. The molecule has 0 aliphatic rings. The van der Waals surface area contributed by atoms with Crippen LogP contribution in [0.5, 0.6) is 0 Å². The maximum atomic E-state index is 13.3. The minimum absolute atomic E-state index is 0.158. The van der Waals surface area contributed by atoms with Crippen molar-refractivity contribution >= 4 is 28.9 Å². The second-order valence-corrected chi connectivity index (χ2v) is 5.32. The van der Waals surface area contributed by atoms with Crippen LogP contribution in [0.3, 0.4) is 0 Å². The van der Waals surface area contributed by atoms with E-state index >= 15 is 0 Å². The quantitative estimate of drug-likeness (QED) is 0.798. The number of thiophene rings is 1. The molecule has 0 atom stereocenters. The standard InChI is InChI=1S/C15H14FNO3S/c1-20-15(19)10-17(12-5-2-4-11(16)8-12)14(18)9-13-6-3-7-21-13/h2-8H,9-10H2,1H3. The molecule has 0 radical (unpaired) electrons. The number of esters is 1. The molecular weight excluding hydrogens is 293 g/mol. The number of amides is 1. The minimum Gasteiger partial charge on any atom is -0.468 e. The molecule has 4 nitrogen and oxygen atoms in total. The Kier molecular flexibility index (Phi) is 5.05. The lowest BCUT2D eigenvalue weighted by Crippen LogP contribution is -2.37. The molecule has 0 spiro atoms. The Morgan fingerprint density at radius 1 is 1.29 bits per heavy atom. The van der Waals surface area contributed by atoms with E-state index in [1.807, 2.05) is 17.5 Å². The molecule has 110 valence electrons. The van der Waals surface area contributed by atoms with Crippen molar-refractivity contribution in [1.82, 2.24) is 0 Å². The van der Waals surface area contributed by atoms with Gasteiger partial charge in [0.05, 0.1) is 13.5 Å². The number of carbonyl (C=O) groups excluding carboxylic acids is 2. The second-order valence-electron chi connectivity index (χ2n) is 4.29. The molecule has 2 rings (SSSR count). The van der Waals surface area contributed by atoms with E-state index in [1.54, 1.807) is 6.07 Å². The van der Waals surface area contributed by atoms with E-state index in [4.69, 9.17) is 0 Å². The molecule has 1 aromatic heterocycles. The Bertz CT molecular complexity index is 628. The van der Waals surface area contributed by atoms with Gasteiger partial charge in [-0.15, -0.1) is 11.3 Å². The lowest BCUT2D eigenvalue weighted by molar-refractivity contribution is -0.140. The molecule has 0 bridgehead atoms. The monoisotopic (exact) mass is 307 g/mol. The number of ether oxygens (including phenoxy) is 1. The molecular formula is C15H14FNO3S. The van der Waals surface area contributed by atoms with Crippen LogP contribution in [0.4, 0.5) is 10.1 Å². The van der Waals surface area contributed by atoms with Gasteiger partial charge in [-0.2, -0.15) is 0 Å². The van der Waals surface area contributed by atoms with Crippen molar-refractivity contribution in [2.75, 3.05) is 18.6 Å². The van der Waals surface area contributed by atoms with Crippen molar-refractivity contribution in [2.24, 2.45) is 0 Å². The molecule has 6 heteroatoms. The average molecular weight is 307 g/mol. The number of hydrogen-bond donors (Lipinski definition) is 0. The van der Waals surface area contributed by atoms with E-state index in [9.17, 15) is 14.0 Å². The molecule has 1 aromatic carbocycles. The first-order chi connectivity index (χ1) is 10.1. The van der Waals surface area contributed by atoms with E-state index in [0.717, 1.165) is 4.88 Å². The van der Waals surface area contributed by atoms with E-state index in [-0.39, 0.29) is 18.9 Å². The molecule has 0 fully saturated rings. The maximum Gasteiger partial charge on any atom is 0.325 e. The summed E-state index contributed by atoms with van der Waals surface area (Å²) in [4.78, 5) is 26.0. The van der Waals surface area contributed by atoms with E-state index < -0.39 is 11.8 Å². The van der Waals surface area contributed by atoms with Crippen molar-refractivity contribution in [3.8, 4) is 0 Å². The van der Waals surface area contributed by atoms with Gasteiger partial charge >= 0.3 is 5.97 Å². The number of methoxy groups -OCH3 is 1. The second kappa shape index (κ2) is 6.99. The number of benzene rings is 1.